The molecule has 206 valence electrons. The molecule has 1 spiro atoms. The summed E-state index contributed by atoms with van der Waals surface area (Å²) in [7, 11) is 0. The Kier molecular flexibility index (Phi) is 9.36. The van der Waals surface area contributed by atoms with Crippen LogP contribution in [0, 0.1) is 11.8 Å². The van der Waals surface area contributed by atoms with Crippen molar-refractivity contribution in [2.24, 2.45) is 11.8 Å². The van der Waals surface area contributed by atoms with E-state index in [1.165, 1.54) is 0 Å². The smallest absolute Gasteiger partial charge is 0.247 e. The van der Waals surface area contributed by atoms with E-state index in [4.69, 9.17) is 0 Å². The summed E-state index contributed by atoms with van der Waals surface area (Å²) in [4.78, 5) is 47.8. The maximum atomic E-state index is 14.4. The third kappa shape index (κ3) is 5.17. The predicted molar refractivity (Wildman–Crippen MR) is 151 cm³/mol. The predicted octanol–water partition coefficient (Wildman–Crippen LogP) is 3.49. The molecule has 3 fully saturated rings. The van der Waals surface area contributed by atoms with Crippen molar-refractivity contribution in [2.45, 2.75) is 61.6 Å². The lowest BCUT2D eigenvalue weighted by Gasteiger charge is -2.37. The fourth-order valence-corrected chi connectivity index (χ4v) is 8.85. The van der Waals surface area contributed by atoms with E-state index in [0.717, 1.165) is 24.8 Å². The molecule has 2 bridgehead atoms. The van der Waals surface area contributed by atoms with Gasteiger partial charge in [0.15, 0.2) is 0 Å². The molecule has 0 saturated carbocycles. The Hall–Kier alpha value is -2.58. The van der Waals surface area contributed by atoms with Crippen LogP contribution in [0.3, 0.4) is 0 Å². The van der Waals surface area contributed by atoms with Gasteiger partial charge < -0.3 is 19.8 Å². The van der Waals surface area contributed by atoms with Gasteiger partial charge in [-0.1, -0.05) is 49.4 Å². The first kappa shape index (κ1) is 28.4. The van der Waals surface area contributed by atoms with Crippen LogP contribution >= 0.6 is 11.8 Å². The molecule has 8 heteroatoms. The second-order valence-corrected chi connectivity index (χ2v) is 12.2. The number of unbranched alkanes of at least 4 members (excludes halogenated alkanes) is 1. The van der Waals surface area contributed by atoms with Crippen molar-refractivity contribution in [2.75, 3.05) is 32.8 Å². The molecule has 1 aromatic carbocycles. The first-order chi connectivity index (χ1) is 18.4. The van der Waals surface area contributed by atoms with Gasteiger partial charge in [-0.2, -0.15) is 0 Å². The van der Waals surface area contributed by atoms with E-state index < -0.39 is 22.6 Å². The maximum Gasteiger partial charge on any atom is 0.247 e. The fraction of sp³-hybridized carbons (Fsp3) is 0.567. The van der Waals surface area contributed by atoms with Crippen LogP contribution in [-0.4, -0.2) is 86.4 Å². The number of aliphatic hydroxyl groups is 1. The van der Waals surface area contributed by atoms with Gasteiger partial charge in [-0.15, -0.1) is 24.9 Å². The van der Waals surface area contributed by atoms with Gasteiger partial charge in [0.05, 0.1) is 16.6 Å². The van der Waals surface area contributed by atoms with Gasteiger partial charge in [-0.3, -0.25) is 14.4 Å². The Labute approximate surface area is 230 Å². The number of nitrogens with zero attached hydrogens (tertiary/aromatic N) is 3. The van der Waals surface area contributed by atoms with Gasteiger partial charge in [0.25, 0.3) is 0 Å². The summed E-state index contributed by atoms with van der Waals surface area (Å²) >= 11 is 1.71. The normalized spacial score (nSPS) is 27.3. The molecular weight excluding hydrogens is 498 g/mol. The topological polar surface area (TPSA) is 81.2 Å². The number of carbonyl (C=O) groups excluding carboxylic acids is 3. The molecule has 4 rings (SSSR count). The van der Waals surface area contributed by atoms with Gasteiger partial charge in [0.2, 0.25) is 17.7 Å². The molecule has 1 aromatic rings. The third-order valence-corrected chi connectivity index (χ3v) is 10.1. The number of hydrogen-bond acceptors (Lipinski definition) is 5. The van der Waals surface area contributed by atoms with Crippen molar-refractivity contribution >= 4 is 29.5 Å². The summed E-state index contributed by atoms with van der Waals surface area (Å²) in [6, 6.07) is 9.22. The van der Waals surface area contributed by atoms with E-state index in [-0.39, 0.29) is 29.6 Å². The number of carbonyl (C=O) groups is 3. The number of fused-ring (bicyclic) bond motifs is 1. The van der Waals surface area contributed by atoms with E-state index in [2.05, 4.69) is 13.2 Å². The maximum absolute atomic E-state index is 14.4. The molecule has 38 heavy (non-hydrogen) atoms. The Bertz CT molecular complexity index is 1030. The van der Waals surface area contributed by atoms with Crippen LogP contribution in [0.4, 0.5) is 0 Å². The van der Waals surface area contributed by atoms with Gasteiger partial charge in [0.1, 0.15) is 6.04 Å². The molecular formula is C30H41N3O4S. The van der Waals surface area contributed by atoms with Gasteiger partial charge in [-0.25, -0.2) is 0 Å². The summed E-state index contributed by atoms with van der Waals surface area (Å²) in [5.41, 5.74) is 1.02. The lowest BCUT2D eigenvalue weighted by molar-refractivity contribution is -0.144. The van der Waals surface area contributed by atoms with Gasteiger partial charge in [-0.05, 0) is 37.7 Å². The number of amides is 3. The van der Waals surface area contributed by atoms with Crippen LogP contribution in [0.5, 0.6) is 0 Å². The van der Waals surface area contributed by atoms with Crippen LogP contribution in [0.2, 0.25) is 0 Å². The van der Waals surface area contributed by atoms with Crippen molar-refractivity contribution in [3.05, 3.63) is 61.2 Å². The lowest BCUT2D eigenvalue weighted by Crippen LogP contribution is -2.55. The van der Waals surface area contributed by atoms with Gasteiger partial charge >= 0.3 is 0 Å². The number of benzene rings is 1. The summed E-state index contributed by atoms with van der Waals surface area (Å²) in [6.45, 7) is 12.1. The number of hydrogen-bond donors (Lipinski definition) is 1. The molecule has 1 N–H and O–H groups in total. The van der Waals surface area contributed by atoms with Crippen molar-refractivity contribution in [1.82, 2.24) is 14.7 Å². The Morgan fingerprint density at radius 1 is 1.13 bits per heavy atom. The van der Waals surface area contributed by atoms with Crippen molar-refractivity contribution in [3.63, 3.8) is 0 Å². The molecule has 0 aromatic heterocycles. The molecule has 7 nitrogen and oxygen atoms in total. The first-order valence-corrected chi connectivity index (χ1v) is 14.7. The lowest BCUT2D eigenvalue weighted by atomic mass is 9.70. The van der Waals surface area contributed by atoms with E-state index in [0.29, 0.717) is 45.6 Å². The van der Waals surface area contributed by atoms with Crippen LogP contribution < -0.4 is 0 Å². The molecule has 3 amide bonds. The summed E-state index contributed by atoms with van der Waals surface area (Å²) in [6.07, 6.45) is 7.05. The van der Waals surface area contributed by atoms with Crippen LogP contribution in [0.15, 0.2) is 55.6 Å². The minimum absolute atomic E-state index is 0.0137. The summed E-state index contributed by atoms with van der Waals surface area (Å²) in [5.74, 6) is -1.07. The number of rotatable bonds is 14. The van der Waals surface area contributed by atoms with E-state index in [9.17, 15) is 19.5 Å². The molecule has 0 radical (unpaired) electrons. The Balaban J connectivity index is 1.69. The molecule has 0 aliphatic carbocycles. The van der Waals surface area contributed by atoms with Crippen LogP contribution in [-0.2, 0) is 20.9 Å². The SMILES string of the molecule is C=CCN(Cc1ccccc1)C(=O)C1N(CCCCO)C(=O)[C@@H]2[C@@H](C(=O)N(CC=C)CCC)[C@H]3CCC12S3. The Morgan fingerprint density at radius 2 is 1.84 bits per heavy atom. The fourth-order valence-electron chi connectivity index (χ4n) is 6.64. The molecule has 5 atom stereocenters. The van der Waals surface area contributed by atoms with Crippen LogP contribution in [0.25, 0.3) is 0 Å². The van der Waals surface area contributed by atoms with E-state index >= 15 is 0 Å². The van der Waals surface area contributed by atoms with Crippen LogP contribution in [0.1, 0.15) is 44.6 Å². The first-order valence-electron chi connectivity index (χ1n) is 13.9. The van der Waals surface area contributed by atoms with Crippen molar-refractivity contribution in [1.29, 1.82) is 0 Å². The molecule has 2 unspecified atom stereocenters. The zero-order valence-electron chi connectivity index (χ0n) is 22.5. The molecule has 3 aliphatic heterocycles. The third-order valence-electron chi connectivity index (χ3n) is 8.16. The van der Waals surface area contributed by atoms with E-state index in [1.54, 1.807) is 33.7 Å². The standard InChI is InChI=1S/C30H41N3O4S/c1-4-16-31(17-5-2)27(35)24-23-14-15-30(38-23)25(24)28(36)33(19-10-11-20-34)26(30)29(37)32(18-6-3)21-22-12-8-7-9-13-22/h4,6-9,12-13,23-26,34H,1,3,5,10-11,14-21H2,2H3/t23-,24+,25+,26?,30?/m1/s1. The van der Waals surface area contributed by atoms with E-state index in [1.807, 2.05) is 42.2 Å². The second kappa shape index (κ2) is 12.5. The van der Waals surface area contributed by atoms with Crippen molar-refractivity contribution < 1.29 is 19.5 Å². The zero-order valence-corrected chi connectivity index (χ0v) is 23.3. The van der Waals surface area contributed by atoms with Crippen molar-refractivity contribution in [3.8, 4) is 0 Å². The highest BCUT2D eigenvalue weighted by atomic mass is 32.2. The average Bonchev–Trinajstić information content (AvgIpc) is 3.56. The highest BCUT2D eigenvalue weighted by Crippen LogP contribution is 2.66. The Morgan fingerprint density at radius 3 is 2.50 bits per heavy atom. The zero-order chi connectivity index (χ0) is 27.3. The molecule has 3 heterocycles. The highest BCUT2D eigenvalue weighted by molar-refractivity contribution is 8.02. The van der Waals surface area contributed by atoms with Gasteiger partial charge in [0, 0.05) is 44.6 Å². The summed E-state index contributed by atoms with van der Waals surface area (Å²) < 4.78 is -0.611. The molecule has 3 saturated heterocycles. The number of likely N-dealkylation sites (tertiary alicyclic amines) is 1. The highest BCUT2D eigenvalue weighted by Gasteiger charge is 2.73. The molecule has 3 aliphatic rings. The monoisotopic (exact) mass is 539 g/mol. The largest absolute Gasteiger partial charge is 0.396 e. The quantitative estimate of drug-likeness (QED) is 0.289. The number of aliphatic hydroxyl groups excluding tert-OH is 1. The number of thioether (sulfide) groups is 1. The minimum Gasteiger partial charge on any atom is -0.396 e. The minimum atomic E-state index is -0.630. The second-order valence-electron chi connectivity index (χ2n) is 10.6. The summed E-state index contributed by atoms with van der Waals surface area (Å²) in [5, 5.41) is 9.43. The average molecular weight is 540 g/mol.